The number of nitrogens with two attached hydrogens (primary N) is 2. The van der Waals surface area contributed by atoms with Crippen LogP contribution in [0.5, 0.6) is 0 Å². The van der Waals surface area contributed by atoms with E-state index < -0.39 is 12.2 Å². The van der Waals surface area contributed by atoms with Gasteiger partial charge in [0.1, 0.15) is 18.2 Å². The number of aromatic nitrogens is 7. The molecule has 40 heavy (non-hydrogen) atoms. The zero-order valence-corrected chi connectivity index (χ0v) is 21.3. The fraction of sp³-hybridized carbons (Fsp3) is 0.400. The number of nitrogens with one attached hydrogen (secondary N) is 1. The number of amides is 1. The normalized spacial score (nSPS) is 21.6. The number of ketones is 1. The van der Waals surface area contributed by atoms with Crippen LogP contribution in [0.3, 0.4) is 0 Å². The number of hydrogen-bond donors (Lipinski definition) is 3. The Morgan fingerprint density at radius 2 is 1.85 bits per heavy atom. The molecule has 4 aromatic heterocycles. The Balaban J connectivity index is 1.37. The van der Waals surface area contributed by atoms with Gasteiger partial charge in [-0.2, -0.15) is 27.9 Å². The van der Waals surface area contributed by atoms with Crippen LogP contribution < -0.4 is 11.5 Å². The van der Waals surface area contributed by atoms with Crippen molar-refractivity contribution < 1.29 is 22.8 Å². The van der Waals surface area contributed by atoms with Crippen LogP contribution in [-0.2, 0) is 0 Å². The summed E-state index contributed by atoms with van der Waals surface area (Å²) in [5.41, 5.74) is 13.5. The van der Waals surface area contributed by atoms with E-state index in [0.29, 0.717) is 35.3 Å². The van der Waals surface area contributed by atoms with E-state index >= 15 is 0 Å². The quantitative estimate of drug-likeness (QED) is 0.313. The molecule has 0 saturated carbocycles. The van der Waals surface area contributed by atoms with Gasteiger partial charge in [-0.1, -0.05) is 6.07 Å². The summed E-state index contributed by atoms with van der Waals surface area (Å²) in [4.78, 5) is 40.5. The molecule has 0 radical (unpaired) electrons. The molecule has 2 saturated heterocycles. The highest BCUT2D eigenvalue weighted by molar-refractivity contribution is 6.00. The average molecular weight is 555 g/mol. The minimum Gasteiger partial charge on any atom is -0.383 e. The third kappa shape index (κ3) is 4.16. The Morgan fingerprint density at radius 3 is 2.42 bits per heavy atom. The molecule has 2 aliphatic rings. The zero-order valence-electron chi connectivity index (χ0n) is 21.3. The zero-order chi connectivity index (χ0) is 28.3. The van der Waals surface area contributed by atoms with Gasteiger partial charge in [0.15, 0.2) is 11.4 Å². The summed E-state index contributed by atoms with van der Waals surface area (Å²) in [5.74, 6) is -0.329. The van der Waals surface area contributed by atoms with Gasteiger partial charge in [-0.05, 0) is 38.7 Å². The molecule has 0 spiro atoms. The number of halogens is 3. The number of pyridine rings is 1. The van der Waals surface area contributed by atoms with E-state index in [9.17, 15) is 22.8 Å². The van der Waals surface area contributed by atoms with Gasteiger partial charge >= 0.3 is 6.18 Å². The van der Waals surface area contributed by atoms with E-state index in [1.54, 1.807) is 0 Å². The molecule has 6 heterocycles. The van der Waals surface area contributed by atoms with E-state index in [2.05, 4.69) is 25.3 Å². The van der Waals surface area contributed by atoms with Crippen LogP contribution in [0.15, 0.2) is 30.9 Å². The van der Waals surface area contributed by atoms with Crippen molar-refractivity contribution >= 4 is 23.2 Å². The van der Waals surface area contributed by atoms with Crippen molar-refractivity contribution in [2.45, 2.75) is 62.8 Å². The largest absolute Gasteiger partial charge is 0.409 e. The maximum atomic E-state index is 13.1. The summed E-state index contributed by atoms with van der Waals surface area (Å²) < 4.78 is 40.4. The number of carbonyl (C=O) groups excluding carboxylic acids is 2. The number of nitrogen functional groups attached to an aromatic ring is 1. The molecule has 2 unspecified atom stereocenters. The van der Waals surface area contributed by atoms with Gasteiger partial charge in [-0.3, -0.25) is 19.7 Å². The Labute approximate surface area is 225 Å². The molecule has 6 rings (SSSR count). The number of hydrogen-bond acceptors (Lipinski definition) is 9. The first kappa shape index (κ1) is 25.9. The predicted octanol–water partition coefficient (Wildman–Crippen LogP) is 2.81. The monoisotopic (exact) mass is 554 g/mol. The number of anilines is 1. The molecule has 1 amide bonds. The van der Waals surface area contributed by atoms with Gasteiger partial charge in [-0.25, -0.2) is 9.97 Å². The van der Waals surface area contributed by atoms with Crippen molar-refractivity contribution in [2.24, 2.45) is 5.73 Å². The summed E-state index contributed by atoms with van der Waals surface area (Å²) in [6, 6.07) is 0.333. The van der Waals surface area contributed by atoms with E-state index in [1.165, 1.54) is 42.3 Å². The Morgan fingerprint density at radius 1 is 1.12 bits per heavy atom. The summed E-state index contributed by atoms with van der Waals surface area (Å²) in [5, 5.41) is 10.7. The van der Waals surface area contributed by atoms with Crippen LogP contribution in [0.1, 0.15) is 76.9 Å². The number of carbonyl (C=O) groups is 2. The Hall–Kier alpha value is -4.40. The second-order valence-electron chi connectivity index (χ2n) is 10.2. The standard InChI is InChI=1S/C25H25F3N10O2/c1-11(39)18-19(13-6-14-3-4-15(7-13)37(14)24(40)22-32-10-33-36-22)35-23-16(9-34-38(23)21(18)30)12-2-5-17(31-8-12)20(29)25(26,27)28/h2,5,8-10,13-15,20H,3-4,6-7,29-30H2,1H3,(H,32,33,36)/t13?,14-,15+,20?. The molecule has 2 fully saturated rings. The predicted molar refractivity (Wildman–Crippen MR) is 135 cm³/mol. The second-order valence-corrected chi connectivity index (χ2v) is 10.2. The maximum Gasteiger partial charge on any atom is 0.409 e. The molecule has 5 N–H and O–H groups in total. The molecule has 2 aliphatic heterocycles. The second kappa shape index (κ2) is 9.36. The molecule has 4 atom stereocenters. The lowest BCUT2D eigenvalue weighted by Crippen LogP contribution is -2.46. The first-order valence-electron chi connectivity index (χ1n) is 12.7. The molecule has 15 heteroatoms. The number of fused-ring (bicyclic) bond motifs is 3. The van der Waals surface area contributed by atoms with Crippen molar-refractivity contribution in [1.29, 1.82) is 0 Å². The van der Waals surface area contributed by atoms with Gasteiger partial charge in [0.05, 0.1) is 23.1 Å². The first-order valence-corrected chi connectivity index (χ1v) is 12.7. The number of alkyl halides is 3. The molecule has 4 aromatic rings. The Kier molecular flexibility index (Phi) is 6.05. The van der Waals surface area contributed by atoms with E-state index in [1.807, 2.05) is 4.90 Å². The topological polar surface area (TPSA) is 174 Å². The lowest BCUT2D eigenvalue weighted by atomic mass is 9.85. The van der Waals surface area contributed by atoms with E-state index in [4.69, 9.17) is 16.5 Å². The highest BCUT2D eigenvalue weighted by Gasteiger charge is 2.46. The molecular formula is C25H25F3N10O2. The number of H-pyrrole nitrogens is 1. The third-order valence-electron chi connectivity index (χ3n) is 7.80. The van der Waals surface area contributed by atoms with Crippen molar-refractivity contribution in [1.82, 2.24) is 39.7 Å². The van der Waals surface area contributed by atoms with Crippen molar-refractivity contribution in [3.8, 4) is 11.1 Å². The van der Waals surface area contributed by atoms with Crippen LogP contribution >= 0.6 is 0 Å². The first-order chi connectivity index (χ1) is 19.0. The lowest BCUT2D eigenvalue weighted by Gasteiger charge is -2.38. The fourth-order valence-corrected chi connectivity index (χ4v) is 5.97. The van der Waals surface area contributed by atoms with E-state index in [-0.39, 0.29) is 52.6 Å². The van der Waals surface area contributed by atoms with Gasteiger partial charge in [-0.15, -0.1) is 0 Å². The lowest BCUT2D eigenvalue weighted by molar-refractivity contribution is -0.150. The van der Waals surface area contributed by atoms with Crippen LogP contribution in [0.2, 0.25) is 0 Å². The summed E-state index contributed by atoms with van der Waals surface area (Å²) in [6.07, 6.45) is 2.20. The molecule has 0 aromatic carbocycles. The van der Waals surface area contributed by atoms with Gasteiger partial charge in [0.2, 0.25) is 5.82 Å². The molecule has 2 bridgehead atoms. The van der Waals surface area contributed by atoms with Crippen LogP contribution in [0.4, 0.5) is 19.0 Å². The molecular weight excluding hydrogens is 529 g/mol. The minimum atomic E-state index is -4.62. The Bertz CT molecular complexity index is 1590. The van der Waals surface area contributed by atoms with E-state index in [0.717, 1.165) is 12.8 Å². The highest BCUT2D eigenvalue weighted by Crippen LogP contribution is 2.45. The summed E-state index contributed by atoms with van der Waals surface area (Å²) in [7, 11) is 0. The smallest absolute Gasteiger partial charge is 0.383 e. The van der Waals surface area contributed by atoms with Crippen LogP contribution in [-0.4, -0.2) is 69.6 Å². The highest BCUT2D eigenvalue weighted by atomic mass is 19.4. The minimum absolute atomic E-state index is 0.0700. The molecule has 0 aliphatic carbocycles. The van der Waals surface area contributed by atoms with Gasteiger partial charge in [0.25, 0.3) is 5.91 Å². The van der Waals surface area contributed by atoms with Gasteiger partial charge in [0, 0.05) is 35.3 Å². The van der Waals surface area contributed by atoms with Crippen LogP contribution in [0, 0.1) is 0 Å². The number of Topliss-reactive ketones (excluding diaryl/α,β-unsaturated/α-hetero) is 1. The van der Waals surface area contributed by atoms with Crippen molar-refractivity contribution in [2.75, 3.05) is 5.73 Å². The average Bonchev–Trinajstić information content (AvgIpc) is 3.65. The SMILES string of the molecule is CC(=O)c1c(C2C[C@H]3CC[C@@H](C2)N3C(=O)c2ncn[nH]2)nc2c(-c3ccc(C(N)C(F)(F)F)nc3)cnn2c1N. The number of piperidine rings is 1. The number of aromatic amines is 1. The number of rotatable bonds is 5. The maximum absolute atomic E-state index is 13.1. The summed E-state index contributed by atoms with van der Waals surface area (Å²) in [6.45, 7) is 1.41. The fourth-order valence-electron chi connectivity index (χ4n) is 5.97. The van der Waals surface area contributed by atoms with Crippen molar-refractivity contribution in [3.63, 3.8) is 0 Å². The summed E-state index contributed by atoms with van der Waals surface area (Å²) >= 11 is 0. The van der Waals surface area contributed by atoms with Crippen LogP contribution in [0.25, 0.3) is 16.8 Å². The third-order valence-corrected chi connectivity index (χ3v) is 7.80. The van der Waals surface area contributed by atoms with Gasteiger partial charge < -0.3 is 16.4 Å². The molecule has 208 valence electrons. The number of nitrogens with zero attached hydrogens (tertiary/aromatic N) is 7. The molecule has 12 nitrogen and oxygen atoms in total. The van der Waals surface area contributed by atoms with Crippen molar-refractivity contribution in [3.05, 3.63) is 53.6 Å².